The molecule has 0 aliphatic heterocycles. The lowest BCUT2D eigenvalue weighted by atomic mass is 10.1. The number of hydrogen-bond donors (Lipinski definition) is 3. The van der Waals surface area contributed by atoms with Gasteiger partial charge in [0.15, 0.2) is 0 Å². The predicted octanol–water partition coefficient (Wildman–Crippen LogP) is 1.51. The minimum Gasteiger partial charge on any atom is -0.481 e. The third-order valence-electron chi connectivity index (χ3n) is 2.92. The molecule has 0 radical (unpaired) electrons. The number of nitrogens with one attached hydrogen (secondary N) is 1. The van der Waals surface area contributed by atoms with Gasteiger partial charge in [-0.1, -0.05) is 19.8 Å². The highest BCUT2D eigenvalue weighted by molar-refractivity contribution is 5.75. The lowest BCUT2D eigenvalue weighted by Gasteiger charge is -2.07. The Morgan fingerprint density at radius 1 is 1.17 bits per heavy atom. The van der Waals surface area contributed by atoms with Crippen molar-refractivity contribution in [2.75, 3.05) is 13.1 Å². The van der Waals surface area contributed by atoms with Gasteiger partial charge in [0.25, 0.3) is 0 Å². The molecule has 0 fully saturated rings. The molecule has 0 rings (SSSR count). The SMILES string of the molecule is CC(CCCNC(=O)CCCCCCN)C(=O)O. The van der Waals surface area contributed by atoms with Crippen LogP contribution in [0, 0.1) is 5.92 Å². The number of carbonyl (C=O) groups excluding carboxylic acids is 1. The number of nitrogens with two attached hydrogens (primary N) is 1. The molecule has 0 saturated carbocycles. The van der Waals surface area contributed by atoms with Gasteiger partial charge in [-0.15, -0.1) is 0 Å². The van der Waals surface area contributed by atoms with Crippen molar-refractivity contribution >= 4 is 11.9 Å². The zero-order valence-electron chi connectivity index (χ0n) is 11.3. The Bertz CT molecular complexity index is 244. The van der Waals surface area contributed by atoms with Crippen molar-refractivity contribution in [3.63, 3.8) is 0 Å². The fourth-order valence-electron chi connectivity index (χ4n) is 1.63. The average molecular weight is 258 g/mol. The Labute approximate surface area is 109 Å². The van der Waals surface area contributed by atoms with Crippen LogP contribution in [0.15, 0.2) is 0 Å². The highest BCUT2D eigenvalue weighted by Crippen LogP contribution is 2.05. The van der Waals surface area contributed by atoms with Crippen LogP contribution in [0.4, 0.5) is 0 Å². The van der Waals surface area contributed by atoms with Crippen LogP contribution in [0.5, 0.6) is 0 Å². The van der Waals surface area contributed by atoms with Gasteiger partial charge in [-0.25, -0.2) is 0 Å². The van der Waals surface area contributed by atoms with E-state index in [4.69, 9.17) is 10.8 Å². The van der Waals surface area contributed by atoms with E-state index in [0.717, 1.165) is 25.7 Å². The summed E-state index contributed by atoms with van der Waals surface area (Å²) in [4.78, 5) is 22.0. The van der Waals surface area contributed by atoms with Crippen LogP contribution in [0.25, 0.3) is 0 Å². The second kappa shape index (κ2) is 11.0. The molecular formula is C13H26N2O3. The monoisotopic (exact) mass is 258 g/mol. The van der Waals surface area contributed by atoms with E-state index < -0.39 is 5.97 Å². The lowest BCUT2D eigenvalue weighted by Crippen LogP contribution is -2.24. The van der Waals surface area contributed by atoms with E-state index in [9.17, 15) is 9.59 Å². The molecule has 0 aliphatic rings. The van der Waals surface area contributed by atoms with Crippen LogP contribution < -0.4 is 11.1 Å². The number of rotatable bonds is 11. The fraction of sp³-hybridized carbons (Fsp3) is 0.846. The highest BCUT2D eigenvalue weighted by atomic mass is 16.4. The summed E-state index contributed by atoms with van der Waals surface area (Å²) in [5.41, 5.74) is 5.38. The van der Waals surface area contributed by atoms with Gasteiger partial charge < -0.3 is 16.2 Å². The summed E-state index contributed by atoms with van der Waals surface area (Å²) in [6.45, 7) is 2.97. The molecule has 4 N–H and O–H groups in total. The third-order valence-corrected chi connectivity index (χ3v) is 2.92. The molecular weight excluding hydrogens is 232 g/mol. The first-order valence-electron chi connectivity index (χ1n) is 6.77. The van der Waals surface area contributed by atoms with Gasteiger partial charge in [0, 0.05) is 13.0 Å². The summed E-state index contributed by atoms with van der Waals surface area (Å²) < 4.78 is 0. The van der Waals surface area contributed by atoms with Crippen LogP contribution >= 0.6 is 0 Å². The van der Waals surface area contributed by atoms with Gasteiger partial charge in [0.2, 0.25) is 5.91 Å². The van der Waals surface area contributed by atoms with Gasteiger partial charge in [0.1, 0.15) is 0 Å². The van der Waals surface area contributed by atoms with E-state index in [1.54, 1.807) is 6.92 Å². The van der Waals surface area contributed by atoms with Crippen molar-refractivity contribution in [3.05, 3.63) is 0 Å². The maximum absolute atomic E-state index is 11.4. The van der Waals surface area contributed by atoms with Crippen LogP contribution in [-0.2, 0) is 9.59 Å². The van der Waals surface area contributed by atoms with Crippen LogP contribution in [0.2, 0.25) is 0 Å². The quantitative estimate of drug-likeness (QED) is 0.490. The first-order valence-corrected chi connectivity index (χ1v) is 6.77. The fourth-order valence-corrected chi connectivity index (χ4v) is 1.63. The summed E-state index contributed by atoms with van der Waals surface area (Å²) >= 11 is 0. The zero-order valence-corrected chi connectivity index (χ0v) is 11.3. The van der Waals surface area contributed by atoms with Crippen molar-refractivity contribution < 1.29 is 14.7 Å². The molecule has 0 aromatic heterocycles. The largest absolute Gasteiger partial charge is 0.481 e. The summed E-state index contributed by atoms with van der Waals surface area (Å²) in [6.07, 6.45) is 5.92. The summed E-state index contributed by atoms with van der Waals surface area (Å²) in [5.74, 6) is -1.05. The predicted molar refractivity (Wildman–Crippen MR) is 71.2 cm³/mol. The molecule has 18 heavy (non-hydrogen) atoms. The van der Waals surface area contributed by atoms with Crippen LogP contribution in [0.1, 0.15) is 51.9 Å². The maximum Gasteiger partial charge on any atom is 0.306 e. The van der Waals surface area contributed by atoms with Crippen molar-refractivity contribution in [1.29, 1.82) is 0 Å². The highest BCUT2D eigenvalue weighted by Gasteiger charge is 2.09. The number of hydrogen-bond acceptors (Lipinski definition) is 3. The first-order chi connectivity index (χ1) is 8.57. The van der Waals surface area contributed by atoms with E-state index in [2.05, 4.69) is 5.32 Å². The summed E-state index contributed by atoms with van der Waals surface area (Å²) in [7, 11) is 0. The molecule has 1 amide bonds. The topological polar surface area (TPSA) is 92.4 Å². The normalized spacial score (nSPS) is 12.1. The molecule has 0 aromatic carbocycles. The van der Waals surface area contributed by atoms with Crippen LogP contribution in [-0.4, -0.2) is 30.1 Å². The molecule has 1 atom stereocenters. The second-order valence-electron chi connectivity index (χ2n) is 4.68. The average Bonchev–Trinajstić information content (AvgIpc) is 2.34. The molecule has 0 heterocycles. The van der Waals surface area contributed by atoms with E-state index in [1.165, 1.54) is 0 Å². The summed E-state index contributed by atoms with van der Waals surface area (Å²) in [6, 6.07) is 0. The molecule has 1 unspecified atom stereocenters. The smallest absolute Gasteiger partial charge is 0.306 e. The Kier molecular flexibility index (Phi) is 10.3. The summed E-state index contributed by atoms with van der Waals surface area (Å²) in [5, 5.41) is 11.5. The van der Waals surface area contributed by atoms with Crippen molar-refractivity contribution in [1.82, 2.24) is 5.32 Å². The Hall–Kier alpha value is -1.10. The van der Waals surface area contributed by atoms with Gasteiger partial charge in [-0.05, 0) is 32.2 Å². The zero-order chi connectivity index (χ0) is 13.8. The minimum atomic E-state index is -0.777. The van der Waals surface area contributed by atoms with Crippen molar-refractivity contribution in [3.8, 4) is 0 Å². The van der Waals surface area contributed by atoms with Gasteiger partial charge in [0.05, 0.1) is 5.92 Å². The molecule has 5 nitrogen and oxygen atoms in total. The number of carbonyl (C=O) groups is 2. The first kappa shape index (κ1) is 16.9. The molecule has 0 bridgehead atoms. The Morgan fingerprint density at radius 3 is 2.44 bits per heavy atom. The maximum atomic E-state index is 11.4. The molecule has 0 aromatic rings. The van der Waals surface area contributed by atoms with Gasteiger partial charge in [-0.3, -0.25) is 9.59 Å². The molecule has 0 saturated heterocycles. The third kappa shape index (κ3) is 10.1. The van der Waals surface area contributed by atoms with Crippen molar-refractivity contribution in [2.24, 2.45) is 11.7 Å². The number of aliphatic carboxylic acids is 1. The number of unbranched alkanes of at least 4 members (excludes halogenated alkanes) is 3. The van der Waals surface area contributed by atoms with E-state index in [1.807, 2.05) is 0 Å². The Balaban J connectivity index is 3.34. The van der Waals surface area contributed by atoms with Gasteiger partial charge in [-0.2, -0.15) is 0 Å². The second-order valence-corrected chi connectivity index (χ2v) is 4.68. The standard InChI is InChI=1S/C13H26N2O3/c1-11(13(17)18)7-6-10-15-12(16)8-4-2-3-5-9-14/h11H,2-10,14H2,1H3,(H,15,16)(H,17,18). The number of carboxylic acids is 1. The van der Waals surface area contributed by atoms with Gasteiger partial charge >= 0.3 is 5.97 Å². The van der Waals surface area contributed by atoms with Crippen LogP contribution in [0.3, 0.4) is 0 Å². The van der Waals surface area contributed by atoms with E-state index in [0.29, 0.717) is 32.4 Å². The van der Waals surface area contributed by atoms with Crippen molar-refractivity contribution in [2.45, 2.75) is 51.9 Å². The molecule has 5 heteroatoms. The minimum absolute atomic E-state index is 0.0609. The molecule has 0 aliphatic carbocycles. The number of amides is 1. The lowest BCUT2D eigenvalue weighted by molar-refractivity contribution is -0.141. The Morgan fingerprint density at radius 2 is 1.83 bits per heavy atom. The molecule has 0 spiro atoms. The number of carboxylic acid groups (broad SMARTS) is 1. The molecule has 106 valence electrons. The van der Waals surface area contributed by atoms with E-state index >= 15 is 0 Å². The van der Waals surface area contributed by atoms with E-state index in [-0.39, 0.29) is 11.8 Å².